The van der Waals surface area contributed by atoms with Crippen molar-refractivity contribution in [3.8, 4) is 12.3 Å². The molecule has 1 saturated heterocycles. The molecule has 2 N–H and O–H groups in total. The van der Waals surface area contributed by atoms with Gasteiger partial charge in [0.15, 0.2) is 0 Å². The van der Waals surface area contributed by atoms with Crippen molar-refractivity contribution >= 4 is 17.9 Å². The fraction of sp³-hybridized carbons (Fsp3) is 0.545. The SMILES string of the molecule is C#CCCCN(C(=O)O)C1CCC(=O)NC1=O. The third kappa shape index (κ3) is 3.48. The van der Waals surface area contributed by atoms with Crippen molar-refractivity contribution in [1.29, 1.82) is 0 Å². The Labute approximate surface area is 99.0 Å². The molecule has 0 spiro atoms. The summed E-state index contributed by atoms with van der Waals surface area (Å²) in [5.74, 6) is 1.50. The van der Waals surface area contributed by atoms with E-state index in [4.69, 9.17) is 11.5 Å². The Bertz CT molecular complexity index is 372. The minimum atomic E-state index is -1.17. The van der Waals surface area contributed by atoms with Gasteiger partial charge in [-0.1, -0.05) is 0 Å². The molecule has 0 aliphatic carbocycles. The molecule has 92 valence electrons. The number of rotatable bonds is 4. The molecule has 17 heavy (non-hydrogen) atoms. The van der Waals surface area contributed by atoms with Crippen molar-refractivity contribution in [1.82, 2.24) is 10.2 Å². The topological polar surface area (TPSA) is 86.7 Å². The number of unbranched alkanes of at least 4 members (excludes halogenated alkanes) is 1. The van der Waals surface area contributed by atoms with Gasteiger partial charge >= 0.3 is 6.09 Å². The van der Waals surface area contributed by atoms with Crippen LogP contribution in [0.1, 0.15) is 25.7 Å². The number of piperidine rings is 1. The molecule has 0 radical (unpaired) electrons. The average molecular weight is 238 g/mol. The molecule has 1 aliphatic rings. The van der Waals surface area contributed by atoms with E-state index in [0.29, 0.717) is 12.8 Å². The summed E-state index contributed by atoms with van der Waals surface area (Å²) < 4.78 is 0. The third-order valence-corrected chi connectivity index (χ3v) is 2.55. The van der Waals surface area contributed by atoms with Crippen LogP contribution in [0.4, 0.5) is 4.79 Å². The number of amides is 3. The van der Waals surface area contributed by atoms with Crippen molar-refractivity contribution in [2.24, 2.45) is 0 Å². The molecule has 0 aromatic rings. The number of terminal acetylenes is 1. The molecule has 1 atom stereocenters. The van der Waals surface area contributed by atoms with E-state index in [9.17, 15) is 14.4 Å². The minimum absolute atomic E-state index is 0.162. The highest BCUT2D eigenvalue weighted by Gasteiger charge is 2.33. The first-order chi connectivity index (χ1) is 8.06. The summed E-state index contributed by atoms with van der Waals surface area (Å²) in [4.78, 5) is 34.5. The van der Waals surface area contributed by atoms with Crippen molar-refractivity contribution < 1.29 is 19.5 Å². The van der Waals surface area contributed by atoms with E-state index in [1.807, 2.05) is 0 Å². The van der Waals surface area contributed by atoms with Crippen molar-refractivity contribution in [3.63, 3.8) is 0 Å². The Kier molecular flexibility index (Phi) is 4.52. The molecule has 1 heterocycles. The van der Waals surface area contributed by atoms with Crippen LogP contribution in [0, 0.1) is 12.3 Å². The fourth-order valence-corrected chi connectivity index (χ4v) is 1.72. The van der Waals surface area contributed by atoms with Crippen LogP contribution in [0.5, 0.6) is 0 Å². The number of carbonyl (C=O) groups excluding carboxylic acids is 2. The number of nitrogens with one attached hydrogen (secondary N) is 1. The zero-order chi connectivity index (χ0) is 12.8. The Morgan fingerprint density at radius 2 is 2.29 bits per heavy atom. The summed E-state index contributed by atoms with van der Waals surface area (Å²) in [7, 11) is 0. The first-order valence-corrected chi connectivity index (χ1v) is 5.33. The second-order valence-electron chi connectivity index (χ2n) is 3.75. The van der Waals surface area contributed by atoms with Crippen LogP contribution in [-0.4, -0.2) is 40.5 Å². The monoisotopic (exact) mass is 238 g/mol. The molecular weight excluding hydrogens is 224 g/mol. The van der Waals surface area contributed by atoms with Gasteiger partial charge in [-0.2, -0.15) is 0 Å². The Morgan fingerprint density at radius 3 is 2.82 bits per heavy atom. The van der Waals surface area contributed by atoms with E-state index >= 15 is 0 Å². The van der Waals surface area contributed by atoms with Crippen LogP contribution in [0.15, 0.2) is 0 Å². The highest BCUT2D eigenvalue weighted by atomic mass is 16.4. The lowest BCUT2D eigenvalue weighted by Gasteiger charge is -2.30. The minimum Gasteiger partial charge on any atom is -0.465 e. The van der Waals surface area contributed by atoms with Crippen molar-refractivity contribution in [2.45, 2.75) is 31.7 Å². The fourth-order valence-electron chi connectivity index (χ4n) is 1.72. The summed E-state index contributed by atoms with van der Waals surface area (Å²) in [5.41, 5.74) is 0. The quantitative estimate of drug-likeness (QED) is 0.415. The van der Waals surface area contributed by atoms with Crippen LogP contribution in [0.25, 0.3) is 0 Å². The number of carboxylic acid groups (broad SMARTS) is 1. The number of carbonyl (C=O) groups is 3. The summed E-state index contributed by atoms with van der Waals surface area (Å²) in [6.07, 6.45) is 5.25. The largest absolute Gasteiger partial charge is 0.465 e. The van der Waals surface area contributed by atoms with Gasteiger partial charge in [0.2, 0.25) is 11.8 Å². The maximum Gasteiger partial charge on any atom is 0.407 e. The van der Waals surface area contributed by atoms with Gasteiger partial charge in [-0.05, 0) is 12.8 Å². The predicted molar refractivity (Wildman–Crippen MR) is 59.0 cm³/mol. The molecule has 6 heteroatoms. The lowest BCUT2D eigenvalue weighted by atomic mass is 10.0. The second-order valence-corrected chi connectivity index (χ2v) is 3.75. The molecule has 1 fully saturated rings. The van der Waals surface area contributed by atoms with Crippen LogP contribution in [0.3, 0.4) is 0 Å². The van der Waals surface area contributed by atoms with Gasteiger partial charge in [0, 0.05) is 19.4 Å². The van der Waals surface area contributed by atoms with E-state index in [2.05, 4.69) is 11.2 Å². The molecular formula is C11H14N2O4. The zero-order valence-electron chi connectivity index (χ0n) is 9.31. The van der Waals surface area contributed by atoms with Gasteiger partial charge in [0.1, 0.15) is 6.04 Å². The molecule has 0 aromatic carbocycles. The summed E-state index contributed by atoms with van der Waals surface area (Å²) in [5, 5.41) is 11.1. The van der Waals surface area contributed by atoms with Crippen LogP contribution >= 0.6 is 0 Å². The molecule has 1 unspecified atom stereocenters. The Morgan fingerprint density at radius 1 is 1.59 bits per heavy atom. The highest BCUT2D eigenvalue weighted by molar-refractivity contribution is 6.01. The van der Waals surface area contributed by atoms with Crippen LogP contribution < -0.4 is 5.32 Å². The highest BCUT2D eigenvalue weighted by Crippen LogP contribution is 2.13. The first kappa shape index (κ1) is 13.0. The zero-order valence-corrected chi connectivity index (χ0v) is 9.31. The molecule has 0 saturated carbocycles. The number of hydrogen-bond acceptors (Lipinski definition) is 3. The predicted octanol–water partition coefficient (Wildman–Crippen LogP) is 0.185. The van der Waals surface area contributed by atoms with Gasteiger partial charge in [-0.3, -0.25) is 19.8 Å². The van der Waals surface area contributed by atoms with Gasteiger partial charge in [-0.25, -0.2) is 4.79 Å². The lowest BCUT2D eigenvalue weighted by Crippen LogP contribution is -2.54. The second kappa shape index (κ2) is 5.89. The maximum absolute atomic E-state index is 11.5. The van der Waals surface area contributed by atoms with Crippen molar-refractivity contribution in [3.05, 3.63) is 0 Å². The number of hydrogen-bond donors (Lipinski definition) is 2. The van der Waals surface area contributed by atoms with Gasteiger partial charge in [0.05, 0.1) is 0 Å². The summed E-state index contributed by atoms with van der Waals surface area (Å²) in [6.45, 7) is 0.200. The Balaban J connectivity index is 2.64. The standard InChI is InChI=1S/C11H14N2O4/c1-2-3-4-7-13(11(16)17)8-5-6-9(14)12-10(8)15/h1,8H,3-7H2,(H,16,17)(H,12,14,15). The molecule has 1 aliphatic heterocycles. The number of imide groups is 1. The Hall–Kier alpha value is -2.03. The van der Waals surface area contributed by atoms with E-state index in [-0.39, 0.29) is 25.3 Å². The molecule has 0 bridgehead atoms. The van der Waals surface area contributed by atoms with E-state index in [1.165, 1.54) is 0 Å². The van der Waals surface area contributed by atoms with E-state index < -0.39 is 18.0 Å². The van der Waals surface area contributed by atoms with Gasteiger partial charge in [0.25, 0.3) is 0 Å². The smallest absolute Gasteiger partial charge is 0.407 e. The van der Waals surface area contributed by atoms with E-state index in [0.717, 1.165) is 4.90 Å². The molecule has 1 rings (SSSR count). The van der Waals surface area contributed by atoms with Crippen molar-refractivity contribution in [2.75, 3.05) is 6.54 Å². The molecule has 3 amide bonds. The molecule has 0 aromatic heterocycles. The van der Waals surface area contributed by atoms with Gasteiger partial charge in [-0.15, -0.1) is 12.3 Å². The maximum atomic E-state index is 11.5. The van der Waals surface area contributed by atoms with Gasteiger partial charge < -0.3 is 5.11 Å². The summed E-state index contributed by atoms with van der Waals surface area (Å²) >= 11 is 0. The van der Waals surface area contributed by atoms with E-state index in [1.54, 1.807) is 0 Å². The van der Waals surface area contributed by atoms with Crippen LogP contribution in [-0.2, 0) is 9.59 Å². The first-order valence-electron chi connectivity index (χ1n) is 5.33. The third-order valence-electron chi connectivity index (χ3n) is 2.55. The average Bonchev–Trinajstić information content (AvgIpc) is 2.25. The summed E-state index contributed by atoms with van der Waals surface area (Å²) in [6, 6.07) is -0.789. The normalized spacial score (nSPS) is 19.4. The number of nitrogens with zero attached hydrogens (tertiary/aromatic N) is 1. The molecule has 6 nitrogen and oxygen atoms in total. The lowest BCUT2D eigenvalue weighted by molar-refractivity contribution is -0.137. The van der Waals surface area contributed by atoms with Crippen LogP contribution in [0.2, 0.25) is 0 Å².